The Balaban J connectivity index is 1.86. The predicted octanol–water partition coefficient (Wildman–Crippen LogP) is 3.20. The normalized spacial score (nSPS) is 13.0. The highest BCUT2D eigenvalue weighted by Gasteiger charge is 2.31. The number of carbonyl (C=O) groups excluding carboxylic acids is 1. The minimum atomic E-state index is -3.96. The van der Waals surface area contributed by atoms with Crippen molar-refractivity contribution in [3.8, 4) is 0 Å². The van der Waals surface area contributed by atoms with Crippen LogP contribution >= 0.6 is 11.3 Å². The molecule has 0 spiro atoms. The lowest BCUT2D eigenvalue weighted by Crippen LogP contribution is -2.31. The van der Waals surface area contributed by atoms with E-state index in [9.17, 15) is 21.6 Å². The summed E-state index contributed by atoms with van der Waals surface area (Å²) >= 11 is 1.09. The lowest BCUT2D eigenvalue weighted by Gasteiger charge is -2.18. The second-order valence-electron chi connectivity index (χ2n) is 6.43. The summed E-state index contributed by atoms with van der Waals surface area (Å²) < 4.78 is 54.3. The van der Waals surface area contributed by atoms with Crippen molar-refractivity contribution in [1.29, 1.82) is 0 Å². The number of rotatable bonds is 8. The monoisotopic (exact) mass is 464 g/mol. The fourth-order valence-electron chi connectivity index (χ4n) is 2.83. The van der Waals surface area contributed by atoms with Crippen LogP contribution in [-0.4, -0.2) is 29.3 Å². The molecule has 10 heteroatoms. The van der Waals surface area contributed by atoms with E-state index in [0.717, 1.165) is 11.3 Å². The van der Waals surface area contributed by atoms with E-state index >= 15 is 0 Å². The topological polar surface area (TPSA) is 109 Å². The number of hydrogen-bond donors (Lipinski definition) is 2. The quantitative estimate of drug-likeness (QED) is 0.532. The van der Waals surface area contributed by atoms with Gasteiger partial charge in [-0.3, -0.25) is 4.79 Å². The lowest BCUT2D eigenvalue weighted by molar-refractivity contribution is -0.114. The summed E-state index contributed by atoms with van der Waals surface area (Å²) in [7, 11) is -7.75. The van der Waals surface area contributed by atoms with Crippen molar-refractivity contribution in [2.45, 2.75) is 21.3 Å². The number of sulfone groups is 1. The molecule has 2 aromatic carbocycles. The van der Waals surface area contributed by atoms with E-state index in [2.05, 4.69) is 10.0 Å². The summed E-state index contributed by atoms with van der Waals surface area (Å²) in [6.45, 7) is 1.03. The van der Waals surface area contributed by atoms with Crippen LogP contribution in [0.5, 0.6) is 0 Å². The smallest absolute Gasteiger partial charge is 0.240 e. The van der Waals surface area contributed by atoms with Crippen molar-refractivity contribution in [3.05, 3.63) is 77.7 Å². The second-order valence-corrected chi connectivity index (χ2v) is 11.5. The van der Waals surface area contributed by atoms with Gasteiger partial charge in [-0.05, 0) is 41.3 Å². The van der Waals surface area contributed by atoms with Crippen LogP contribution < -0.4 is 10.0 Å². The molecule has 0 saturated heterocycles. The molecule has 1 atom stereocenters. The van der Waals surface area contributed by atoms with Crippen molar-refractivity contribution in [2.75, 3.05) is 11.9 Å². The van der Waals surface area contributed by atoms with Crippen LogP contribution in [0.2, 0.25) is 0 Å². The SMILES string of the molecule is CC(=O)Nc1ccc(S(=O)(=O)NC[C@H](c2ccccc2)S(=O)(=O)c2cccs2)cc1. The highest BCUT2D eigenvalue weighted by molar-refractivity contribution is 7.93. The number of amides is 1. The van der Waals surface area contributed by atoms with Crippen molar-refractivity contribution in [3.63, 3.8) is 0 Å². The molecule has 1 amide bonds. The summed E-state index contributed by atoms with van der Waals surface area (Å²) in [4.78, 5) is 11.1. The van der Waals surface area contributed by atoms with Gasteiger partial charge >= 0.3 is 0 Å². The van der Waals surface area contributed by atoms with Gasteiger partial charge in [0.2, 0.25) is 15.9 Å². The Hall–Kier alpha value is -2.53. The first-order valence-corrected chi connectivity index (χ1v) is 12.8. The minimum absolute atomic E-state index is 0.0306. The summed E-state index contributed by atoms with van der Waals surface area (Å²) in [5, 5.41) is 3.14. The molecule has 2 N–H and O–H groups in total. The molecule has 0 bridgehead atoms. The molecule has 7 nitrogen and oxygen atoms in total. The molecule has 0 saturated carbocycles. The standard InChI is InChI=1S/C20H20N2O5S3/c1-15(23)22-17-9-11-18(12-10-17)30(26,27)21-14-19(16-6-3-2-4-7-16)29(24,25)20-8-5-13-28-20/h2-13,19,21H,14H2,1H3,(H,22,23)/t19-/m1/s1. The fourth-order valence-corrected chi connectivity index (χ4v) is 6.85. The van der Waals surface area contributed by atoms with Crippen LogP contribution in [0.3, 0.4) is 0 Å². The van der Waals surface area contributed by atoms with Gasteiger partial charge in [-0.1, -0.05) is 36.4 Å². The fraction of sp³-hybridized carbons (Fsp3) is 0.150. The zero-order chi connectivity index (χ0) is 21.8. The largest absolute Gasteiger partial charge is 0.326 e. The van der Waals surface area contributed by atoms with Crippen LogP contribution in [0.4, 0.5) is 5.69 Å². The molecule has 1 aromatic heterocycles. The van der Waals surface area contributed by atoms with Gasteiger partial charge in [0.15, 0.2) is 9.84 Å². The van der Waals surface area contributed by atoms with E-state index in [4.69, 9.17) is 0 Å². The predicted molar refractivity (Wildman–Crippen MR) is 117 cm³/mol. The minimum Gasteiger partial charge on any atom is -0.326 e. The van der Waals surface area contributed by atoms with Gasteiger partial charge < -0.3 is 5.32 Å². The molecule has 0 aliphatic carbocycles. The third-order valence-electron chi connectivity index (χ3n) is 4.27. The lowest BCUT2D eigenvalue weighted by atomic mass is 10.1. The maximum atomic E-state index is 13.1. The first kappa shape index (κ1) is 22.2. The first-order valence-electron chi connectivity index (χ1n) is 8.90. The summed E-state index contributed by atoms with van der Waals surface area (Å²) in [5.74, 6) is -0.270. The van der Waals surface area contributed by atoms with Gasteiger partial charge in [0.1, 0.15) is 9.46 Å². The van der Waals surface area contributed by atoms with Crippen molar-refractivity contribution >= 4 is 42.8 Å². The highest BCUT2D eigenvalue weighted by atomic mass is 32.2. The number of thiophene rings is 1. The molecule has 30 heavy (non-hydrogen) atoms. The molecular formula is C20H20N2O5S3. The molecular weight excluding hydrogens is 444 g/mol. The number of carbonyl (C=O) groups is 1. The van der Waals surface area contributed by atoms with E-state index in [1.807, 2.05) is 0 Å². The number of nitrogens with one attached hydrogen (secondary N) is 2. The van der Waals surface area contributed by atoms with Gasteiger partial charge in [0, 0.05) is 19.2 Å². The van der Waals surface area contributed by atoms with E-state index in [1.54, 1.807) is 41.8 Å². The van der Waals surface area contributed by atoms with Gasteiger partial charge in [0.05, 0.1) is 4.90 Å². The number of benzene rings is 2. The van der Waals surface area contributed by atoms with Crippen molar-refractivity contribution in [1.82, 2.24) is 4.72 Å². The molecule has 3 rings (SSSR count). The maximum Gasteiger partial charge on any atom is 0.240 e. The zero-order valence-electron chi connectivity index (χ0n) is 16.0. The Kier molecular flexibility index (Phi) is 6.71. The average Bonchev–Trinajstić information content (AvgIpc) is 3.24. The Bertz CT molecular complexity index is 1210. The summed E-state index contributed by atoms with van der Waals surface area (Å²) in [5.41, 5.74) is 0.957. The van der Waals surface area contributed by atoms with E-state index in [-0.39, 0.29) is 21.6 Å². The Morgan fingerprint density at radius 2 is 1.60 bits per heavy atom. The molecule has 158 valence electrons. The average molecular weight is 465 g/mol. The van der Waals surface area contributed by atoms with Gasteiger partial charge in [-0.25, -0.2) is 21.6 Å². The molecule has 0 unspecified atom stereocenters. The summed E-state index contributed by atoms with van der Waals surface area (Å²) in [6, 6.07) is 17.3. The van der Waals surface area contributed by atoms with Crippen LogP contribution in [0, 0.1) is 0 Å². The number of anilines is 1. The van der Waals surface area contributed by atoms with Crippen LogP contribution in [-0.2, 0) is 24.7 Å². The van der Waals surface area contributed by atoms with Crippen molar-refractivity contribution < 1.29 is 21.6 Å². The third-order valence-corrected chi connectivity index (χ3v) is 9.24. The maximum absolute atomic E-state index is 13.1. The van der Waals surface area contributed by atoms with Crippen LogP contribution in [0.15, 0.2) is 81.2 Å². The second kappa shape index (κ2) is 9.09. The van der Waals surface area contributed by atoms with E-state index in [0.29, 0.717) is 11.3 Å². The molecule has 0 aliphatic rings. The third kappa shape index (κ3) is 5.14. The van der Waals surface area contributed by atoms with E-state index < -0.39 is 25.1 Å². The van der Waals surface area contributed by atoms with Crippen LogP contribution in [0.1, 0.15) is 17.7 Å². The molecule has 1 heterocycles. The highest BCUT2D eigenvalue weighted by Crippen LogP contribution is 2.31. The zero-order valence-corrected chi connectivity index (χ0v) is 18.4. The Morgan fingerprint density at radius 3 is 2.17 bits per heavy atom. The van der Waals surface area contributed by atoms with Gasteiger partial charge in [-0.15, -0.1) is 11.3 Å². The Labute approximate surface area is 179 Å². The number of sulfonamides is 1. The molecule has 0 radical (unpaired) electrons. The van der Waals surface area contributed by atoms with E-state index in [1.165, 1.54) is 37.3 Å². The summed E-state index contributed by atoms with van der Waals surface area (Å²) in [6.07, 6.45) is 0. The number of hydrogen-bond acceptors (Lipinski definition) is 6. The molecule has 0 fully saturated rings. The van der Waals surface area contributed by atoms with Crippen LogP contribution in [0.25, 0.3) is 0 Å². The van der Waals surface area contributed by atoms with Gasteiger partial charge in [0.25, 0.3) is 0 Å². The molecule has 3 aromatic rings. The van der Waals surface area contributed by atoms with Crippen molar-refractivity contribution in [2.24, 2.45) is 0 Å². The Morgan fingerprint density at radius 1 is 0.933 bits per heavy atom. The molecule has 0 aliphatic heterocycles. The first-order chi connectivity index (χ1) is 14.2. The van der Waals surface area contributed by atoms with Gasteiger partial charge in [-0.2, -0.15) is 0 Å².